The zero-order valence-electron chi connectivity index (χ0n) is 12.3. The third kappa shape index (κ3) is 5.77. The van der Waals surface area contributed by atoms with Crippen molar-refractivity contribution in [2.24, 2.45) is 0 Å². The van der Waals surface area contributed by atoms with Crippen LogP contribution < -0.4 is 5.32 Å². The van der Waals surface area contributed by atoms with E-state index in [1.165, 1.54) is 0 Å². The van der Waals surface area contributed by atoms with Crippen molar-refractivity contribution in [3.05, 3.63) is 34.9 Å². The lowest BCUT2D eigenvalue weighted by Gasteiger charge is -2.30. The number of rotatable bonds is 8. The van der Waals surface area contributed by atoms with Crippen LogP contribution in [-0.4, -0.2) is 41.1 Å². The van der Waals surface area contributed by atoms with Crippen LogP contribution in [0.3, 0.4) is 0 Å². The van der Waals surface area contributed by atoms with Gasteiger partial charge in [-0.15, -0.1) is 0 Å². The van der Waals surface area contributed by atoms with Crippen LogP contribution in [-0.2, 0) is 11.3 Å². The van der Waals surface area contributed by atoms with Crippen molar-refractivity contribution in [2.75, 3.05) is 13.2 Å². The van der Waals surface area contributed by atoms with Gasteiger partial charge in [0.2, 0.25) is 0 Å². The van der Waals surface area contributed by atoms with E-state index in [-0.39, 0.29) is 6.61 Å². The first kappa shape index (κ1) is 17.4. The summed E-state index contributed by atoms with van der Waals surface area (Å²) in [5.41, 5.74) is 0.461. The molecule has 0 saturated heterocycles. The van der Waals surface area contributed by atoms with Crippen LogP contribution in [0.1, 0.15) is 26.3 Å². The first-order chi connectivity index (χ1) is 9.33. The fourth-order valence-electron chi connectivity index (χ4n) is 1.51. The number of benzene rings is 1. The van der Waals surface area contributed by atoms with Gasteiger partial charge in [-0.3, -0.25) is 0 Å². The first-order valence-electron chi connectivity index (χ1n) is 6.75. The van der Waals surface area contributed by atoms with Crippen LogP contribution in [0.2, 0.25) is 5.02 Å². The van der Waals surface area contributed by atoms with Crippen molar-refractivity contribution in [1.82, 2.24) is 5.32 Å². The standard InChI is InChI=1S/C15H24ClNO3/c1-11(18)15(2,3)17-8-13(19)10-20-9-12-6-4-5-7-14(12)16/h4-7,11,13,17-19H,8-10H2,1-3H3. The van der Waals surface area contributed by atoms with Gasteiger partial charge in [0.25, 0.3) is 0 Å². The van der Waals surface area contributed by atoms with E-state index in [1.807, 2.05) is 38.1 Å². The predicted octanol–water partition coefficient (Wildman–Crippen LogP) is 1.97. The second kappa shape index (κ2) is 7.96. The van der Waals surface area contributed by atoms with Crippen molar-refractivity contribution in [1.29, 1.82) is 0 Å². The fourth-order valence-corrected chi connectivity index (χ4v) is 1.70. The maximum absolute atomic E-state index is 9.84. The Hall–Kier alpha value is -0.650. The second-order valence-corrected chi connectivity index (χ2v) is 5.95. The minimum atomic E-state index is -0.629. The number of aliphatic hydroxyl groups is 2. The van der Waals surface area contributed by atoms with Gasteiger partial charge in [0.1, 0.15) is 0 Å². The monoisotopic (exact) mass is 301 g/mol. The van der Waals surface area contributed by atoms with E-state index < -0.39 is 17.7 Å². The number of β-amino-alcohol motifs (C(OH)–C–C–N with tert-alkyl or cyclic N) is 1. The minimum absolute atomic E-state index is 0.216. The Morgan fingerprint density at radius 1 is 1.30 bits per heavy atom. The molecule has 0 bridgehead atoms. The molecule has 0 spiro atoms. The summed E-state index contributed by atoms with van der Waals surface area (Å²) < 4.78 is 5.45. The zero-order valence-corrected chi connectivity index (χ0v) is 13.0. The Balaban J connectivity index is 2.27. The molecule has 0 amide bonds. The summed E-state index contributed by atoms with van der Waals surface area (Å²) in [4.78, 5) is 0. The van der Waals surface area contributed by atoms with Crippen LogP contribution in [0, 0.1) is 0 Å². The fraction of sp³-hybridized carbons (Fsp3) is 0.600. The van der Waals surface area contributed by atoms with Gasteiger partial charge in [-0.1, -0.05) is 29.8 Å². The third-order valence-electron chi connectivity index (χ3n) is 3.36. The molecule has 0 radical (unpaired) electrons. The Morgan fingerprint density at radius 2 is 1.95 bits per heavy atom. The SMILES string of the molecule is CC(O)C(C)(C)NCC(O)COCc1ccccc1Cl. The van der Waals surface area contributed by atoms with Crippen LogP contribution in [0.5, 0.6) is 0 Å². The molecule has 0 heterocycles. The molecule has 1 aromatic carbocycles. The molecule has 0 aliphatic rings. The van der Waals surface area contributed by atoms with Gasteiger partial charge in [-0.2, -0.15) is 0 Å². The molecule has 1 rings (SSSR count). The Morgan fingerprint density at radius 3 is 2.55 bits per heavy atom. The number of aliphatic hydroxyl groups excluding tert-OH is 2. The molecule has 2 atom stereocenters. The van der Waals surface area contributed by atoms with Crippen LogP contribution in [0.25, 0.3) is 0 Å². The van der Waals surface area contributed by atoms with E-state index in [0.29, 0.717) is 18.2 Å². The van der Waals surface area contributed by atoms with E-state index in [2.05, 4.69) is 5.32 Å². The molecule has 1 aromatic rings. The third-order valence-corrected chi connectivity index (χ3v) is 3.73. The van der Waals surface area contributed by atoms with E-state index in [0.717, 1.165) is 5.56 Å². The summed E-state index contributed by atoms with van der Waals surface area (Å²) in [5.74, 6) is 0. The summed E-state index contributed by atoms with van der Waals surface area (Å²) in [5, 5.41) is 23.2. The van der Waals surface area contributed by atoms with Crippen molar-refractivity contribution in [2.45, 2.75) is 45.1 Å². The van der Waals surface area contributed by atoms with Crippen molar-refractivity contribution in [3.8, 4) is 0 Å². The molecule has 0 saturated carbocycles. The highest BCUT2D eigenvalue weighted by Gasteiger charge is 2.24. The average molecular weight is 302 g/mol. The Labute approximate surface area is 125 Å². The van der Waals surface area contributed by atoms with Gasteiger partial charge in [0, 0.05) is 17.1 Å². The number of ether oxygens (including phenoxy) is 1. The maximum Gasteiger partial charge on any atom is 0.0898 e. The van der Waals surface area contributed by atoms with Crippen molar-refractivity contribution >= 4 is 11.6 Å². The molecule has 3 N–H and O–H groups in total. The quantitative estimate of drug-likeness (QED) is 0.687. The minimum Gasteiger partial charge on any atom is -0.392 e. The molecular formula is C15H24ClNO3. The van der Waals surface area contributed by atoms with E-state index >= 15 is 0 Å². The highest BCUT2D eigenvalue weighted by Crippen LogP contribution is 2.15. The molecular weight excluding hydrogens is 278 g/mol. The molecule has 20 heavy (non-hydrogen) atoms. The molecule has 5 heteroatoms. The number of hydrogen-bond acceptors (Lipinski definition) is 4. The molecule has 0 aliphatic carbocycles. The predicted molar refractivity (Wildman–Crippen MR) is 80.9 cm³/mol. The highest BCUT2D eigenvalue weighted by molar-refractivity contribution is 6.31. The molecule has 114 valence electrons. The van der Waals surface area contributed by atoms with Crippen LogP contribution in [0.15, 0.2) is 24.3 Å². The van der Waals surface area contributed by atoms with E-state index in [4.69, 9.17) is 16.3 Å². The second-order valence-electron chi connectivity index (χ2n) is 5.54. The van der Waals surface area contributed by atoms with Gasteiger partial charge < -0.3 is 20.3 Å². The summed E-state index contributed by atoms with van der Waals surface area (Å²) in [6.07, 6.45) is -1.13. The number of nitrogens with one attached hydrogen (secondary N) is 1. The first-order valence-corrected chi connectivity index (χ1v) is 7.13. The molecule has 2 unspecified atom stereocenters. The lowest BCUT2D eigenvalue weighted by Crippen LogP contribution is -2.51. The summed E-state index contributed by atoms with van der Waals surface area (Å²) in [7, 11) is 0. The van der Waals surface area contributed by atoms with Gasteiger partial charge in [0.15, 0.2) is 0 Å². The zero-order chi connectivity index (χ0) is 15.2. The molecule has 0 aliphatic heterocycles. The highest BCUT2D eigenvalue weighted by atomic mass is 35.5. The van der Waals surface area contributed by atoms with Crippen LogP contribution in [0.4, 0.5) is 0 Å². The Kier molecular flexibility index (Phi) is 6.92. The number of hydrogen-bond donors (Lipinski definition) is 3. The van der Waals surface area contributed by atoms with Gasteiger partial charge in [-0.05, 0) is 32.4 Å². The van der Waals surface area contributed by atoms with Gasteiger partial charge in [0.05, 0.1) is 25.4 Å². The maximum atomic E-state index is 9.84. The molecule has 0 fully saturated rings. The van der Waals surface area contributed by atoms with Gasteiger partial charge in [-0.25, -0.2) is 0 Å². The summed E-state index contributed by atoms with van der Waals surface area (Å²) in [6.45, 7) is 6.43. The van der Waals surface area contributed by atoms with E-state index in [9.17, 15) is 10.2 Å². The Bertz CT molecular complexity index is 410. The largest absolute Gasteiger partial charge is 0.392 e. The van der Waals surface area contributed by atoms with Gasteiger partial charge >= 0.3 is 0 Å². The van der Waals surface area contributed by atoms with E-state index in [1.54, 1.807) is 6.92 Å². The normalized spacial score (nSPS) is 15.1. The topological polar surface area (TPSA) is 61.7 Å². The molecule has 4 nitrogen and oxygen atoms in total. The summed E-state index contributed by atoms with van der Waals surface area (Å²) in [6, 6.07) is 7.46. The molecule has 0 aromatic heterocycles. The lowest BCUT2D eigenvalue weighted by molar-refractivity contribution is 0.0183. The lowest BCUT2D eigenvalue weighted by atomic mass is 9.99. The average Bonchev–Trinajstić information content (AvgIpc) is 2.38. The summed E-state index contributed by atoms with van der Waals surface area (Å²) >= 11 is 6.01. The van der Waals surface area contributed by atoms with Crippen molar-refractivity contribution < 1.29 is 14.9 Å². The number of halogens is 1. The van der Waals surface area contributed by atoms with Crippen LogP contribution >= 0.6 is 11.6 Å². The van der Waals surface area contributed by atoms with Crippen molar-refractivity contribution in [3.63, 3.8) is 0 Å². The smallest absolute Gasteiger partial charge is 0.0898 e.